The smallest absolute Gasteiger partial charge is 0.414 e. The van der Waals surface area contributed by atoms with Gasteiger partial charge in [0.25, 0.3) is 0 Å². The number of hydrogen-bond acceptors (Lipinski definition) is 2. The Kier molecular flexibility index (Phi) is 4.00. The Morgan fingerprint density at radius 3 is 2.77 bits per heavy atom. The van der Waals surface area contributed by atoms with Gasteiger partial charge >= 0.3 is 6.09 Å². The topological polar surface area (TPSA) is 34.5 Å². The molecule has 0 spiro atoms. The molecule has 0 N–H and O–H groups in total. The lowest BCUT2D eigenvalue weighted by molar-refractivity contribution is 0.137. The highest BCUT2D eigenvalue weighted by molar-refractivity contribution is 5.89. The SMILES string of the molecule is C=C(C)CC[C@H]1CN(c2ccn(-c3ccccc3)c2)C(=O)O1. The number of anilines is 1. The second-order valence-corrected chi connectivity index (χ2v) is 5.72. The van der Waals surface area contributed by atoms with E-state index >= 15 is 0 Å². The van der Waals surface area contributed by atoms with Crippen LogP contribution in [0.5, 0.6) is 0 Å². The van der Waals surface area contributed by atoms with Crippen LogP contribution in [0.25, 0.3) is 5.69 Å². The Morgan fingerprint density at radius 2 is 2.05 bits per heavy atom. The summed E-state index contributed by atoms with van der Waals surface area (Å²) in [5.41, 5.74) is 3.05. The van der Waals surface area contributed by atoms with Gasteiger partial charge in [-0.15, -0.1) is 6.58 Å². The van der Waals surface area contributed by atoms with Crippen LogP contribution in [0.15, 0.2) is 60.9 Å². The third-order valence-electron chi connectivity index (χ3n) is 3.81. The Morgan fingerprint density at radius 1 is 1.27 bits per heavy atom. The maximum absolute atomic E-state index is 12.0. The second-order valence-electron chi connectivity index (χ2n) is 5.72. The fourth-order valence-corrected chi connectivity index (χ4v) is 2.60. The number of cyclic esters (lactones) is 1. The molecular formula is C18H20N2O2. The molecule has 0 unspecified atom stereocenters. The highest BCUT2D eigenvalue weighted by atomic mass is 16.6. The van der Waals surface area contributed by atoms with E-state index in [9.17, 15) is 4.79 Å². The lowest BCUT2D eigenvalue weighted by Crippen LogP contribution is -2.24. The van der Waals surface area contributed by atoms with Gasteiger partial charge in [-0.1, -0.05) is 23.8 Å². The summed E-state index contributed by atoms with van der Waals surface area (Å²) in [6, 6.07) is 12.0. The minimum absolute atomic E-state index is 0.0516. The van der Waals surface area contributed by atoms with Crippen LogP contribution in [0.1, 0.15) is 19.8 Å². The van der Waals surface area contributed by atoms with Crippen LogP contribution in [0.3, 0.4) is 0 Å². The van der Waals surface area contributed by atoms with Gasteiger partial charge < -0.3 is 9.30 Å². The molecular weight excluding hydrogens is 276 g/mol. The maximum atomic E-state index is 12.0. The Balaban J connectivity index is 1.71. The Hall–Kier alpha value is -2.49. The molecule has 22 heavy (non-hydrogen) atoms. The number of benzene rings is 1. The van der Waals surface area contributed by atoms with Crippen LogP contribution in [0, 0.1) is 0 Å². The first-order chi connectivity index (χ1) is 10.6. The van der Waals surface area contributed by atoms with Crippen molar-refractivity contribution in [3.63, 3.8) is 0 Å². The zero-order valence-corrected chi connectivity index (χ0v) is 12.7. The fraction of sp³-hybridized carbons (Fsp3) is 0.278. The van der Waals surface area contributed by atoms with E-state index in [0.29, 0.717) is 6.54 Å². The molecule has 114 valence electrons. The summed E-state index contributed by atoms with van der Waals surface area (Å²) in [6.07, 6.45) is 5.31. The normalized spacial score (nSPS) is 17.6. The molecule has 4 nitrogen and oxygen atoms in total. The molecule has 1 aliphatic heterocycles. The largest absolute Gasteiger partial charge is 0.444 e. The predicted molar refractivity (Wildman–Crippen MR) is 87.4 cm³/mol. The quantitative estimate of drug-likeness (QED) is 0.776. The number of carbonyl (C=O) groups is 1. The van der Waals surface area contributed by atoms with Crippen molar-refractivity contribution in [3.05, 3.63) is 60.9 Å². The van der Waals surface area contributed by atoms with Crippen LogP contribution in [-0.2, 0) is 4.74 Å². The van der Waals surface area contributed by atoms with Gasteiger partial charge in [-0.25, -0.2) is 4.79 Å². The molecule has 0 bridgehead atoms. The number of rotatable bonds is 5. The van der Waals surface area contributed by atoms with Crippen molar-refractivity contribution < 1.29 is 9.53 Å². The third kappa shape index (κ3) is 3.06. The van der Waals surface area contributed by atoms with Crippen molar-refractivity contribution in [2.24, 2.45) is 0 Å². The molecule has 4 heteroatoms. The third-order valence-corrected chi connectivity index (χ3v) is 3.81. The second kappa shape index (κ2) is 6.10. The molecule has 0 saturated carbocycles. The van der Waals surface area contributed by atoms with Gasteiger partial charge in [-0.2, -0.15) is 0 Å². The summed E-state index contributed by atoms with van der Waals surface area (Å²) in [6.45, 7) is 6.49. The number of allylic oxidation sites excluding steroid dienone is 1. The van der Waals surface area contributed by atoms with Gasteiger partial charge in [-0.05, 0) is 38.0 Å². The molecule has 0 radical (unpaired) electrons. The molecule has 1 amide bonds. The molecule has 2 heterocycles. The van der Waals surface area contributed by atoms with Crippen LogP contribution < -0.4 is 4.90 Å². The molecule has 1 aromatic heterocycles. The molecule has 3 rings (SSSR count). The number of carbonyl (C=O) groups excluding carboxylic acids is 1. The minimum Gasteiger partial charge on any atom is -0.444 e. The summed E-state index contributed by atoms with van der Waals surface area (Å²) in [4.78, 5) is 13.7. The number of ether oxygens (including phenoxy) is 1. The van der Waals surface area contributed by atoms with E-state index in [0.717, 1.165) is 29.8 Å². The standard InChI is InChI=1S/C18H20N2O2/c1-14(2)8-9-17-13-20(18(21)22-17)16-10-11-19(12-16)15-6-4-3-5-7-15/h3-7,10-12,17H,1,8-9,13H2,2H3/t17-/m0/s1. The van der Waals surface area contributed by atoms with Crippen molar-refractivity contribution in [3.8, 4) is 5.69 Å². The zero-order valence-electron chi connectivity index (χ0n) is 12.7. The minimum atomic E-state index is -0.266. The van der Waals surface area contributed by atoms with Crippen LogP contribution in [0.2, 0.25) is 0 Å². The fourth-order valence-electron chi connectivity index (χ4n) is 2.60. The predicted octanol–water partition coefficient (Wildman–Crippen LogP) is 4.16. The number of aromatic nitrogens is 1. The summed E-state index contributed by atoms with van der Waals surface area (Å²) < 4.78 is 7.43. The van der Waals surface area contributed by atoms with Gasteiger partial charge in [0.2, 0.25) is 0 Å². The average Bonchev–Trinajstić information content (AvgIpc) is 3.12. The van der Waals surface area contributed by atoms with Gasteiger partial charge in [0.05, 0.1) is 12.2 Å². The molecule has 1 fully saturated rings. The highest BCUT2D eigenvalue weighted by Gasteiger charge is 2.32. The number of amides is 1. The van der Waals surface area contributed by atoms with Crippen molar-refractivity contribution >= 4 is 11.8 Å². The lowest BCUT2D eigenvalue weighted by atomic mass is 10.1. The molecule has 0 aliphatic carbocycles. The first-order valence-electron chi connectivity index (χ1n) is 7.49. The molecule has 1 aliphatic rings. The molecule has 1 saturated heterocycles. The van der Waals surface area contributed by atoms with E-state index in [1.807, 2.05) is 60.3 Å². The van der Waals surface area contributed by atoms with Crippen LogP contribution in [-0.4, -0.2) is 23.3 Å². The van der Waals surface area contributed by atoms with E-state index in [1.165, 1.54) is 0 Å². The van der Waals surface area contributed by atoms with Crippen molar-refractivity contribution in [2.45, 2.75) is 25.9 Å². The van der Waals surface area contributed by atoms with E-state index in [1.54, 1.807) is 4.90 Å². The summed E-state index contributed by atoms with van der Waals surface area (Å²) in [5, 5.41) is 0. The van der Waals surface area contributed by atoms with Crippen LogP contribution in [0.4, 0.5) is 10.5 Å². The molecule has 1 aromatic carbocycles. The number of para-hydroxylation sites is 1. The zero-order chi connectivity index (χ0) is 15.5. The molecule has 1 atom stereocenters. The molecule has 2 aromatic rings. The first-order valence-corrected chi connectivity index (χ1v) is 7.49. The number of hydrogen-bond donors (Lipinski definition) is 0. The maximum Gasteiger partial charge on any atom is 0.414 e. The van der Waals surface area contributed by atoms with Crippen molar-refractivity contribution in [1.82, 2.24) is 4.57 Å². The van der Waals surface area contributed by atoms with Gasteiger partial charge in [0.15, 0.2) is 0 Å². The van der Waals surface area contributed by atoms with E-state index < -0.39 is 0 Å². The highest BCUT2D eigenvalue weighted by Crippen LogP contribution is 2.25. The van der Waals surface area contributed by atoms with E-state index in [-0.39, 0.29) is 12.2 Å². The van der Waals surface area contributed by atoms with Crippen LogP contribution >= 0.6 is 0 Å². The van der Waals surface area contributed by atoms with Crippen molar-refractivity contribution in [2.75, 3.05) is 11.4 Å². The van der Waals surface area contributed by atoms with Crippen molar-refractivity contribution in [1.29, 1.82) is 0 Å². The van der Waals surface area contributed by atoms with E-state index in [4.69, 9.17) is 4.74 Å². The number of nitrogens with zero attached hydrogens (tertiary/aromatic N) is 2. The first kappa shape index (κ1) is 14.4. The van der Waals surface area contributed by atoms with Gasteiger partial charge in [-0.3, -0.25) is 4.90 Å². The van der Waals surface area contributed by atoms with Gasteiger partial charge in [0, 0.05) is 18.1 Å². The Labute approximate surface area is 130 Å². The summed E-state index contributed by atoms with van der Waals surface area (Å²) in [7, 11) is 0. The Bertz CT molecular complexity index is 675. The van der Waals surface area contributed by atoms with E-state index in [2.05, 4.69) is 6.58 Å². The van der Waals surface area contributed by atoms with Gasteiger partial charge in [0.1, 0.15) is 6.10 Å². The lowest BCUT2D eigenvalue weighted by Gasteiger charge is -2.10. The summed E-state index contributed by atoms with van der Waals surface area (Å²) >= 11 is 0. The average molecular weight is 296 g/mol. The summed E-state index contributed by atoms with van der Waals surface area (Å²) in [5.74, 6) is 0. The monoisotopic (exact) mass is 296 g/mol.